The summed E-state index contributed by atoms with van der Waals surface area (Å²) in [4.78, 5) is 0. The molecule has 27 heavy (non-hydrogen) atoms. The molecule has 1 fully saturated rings. The van der Waals surface area contributed by atoms with Crippen LogP contribution in [0.2, 0.25) is 0 Å². The summed E-state index contributed by atoms with van der Waals surface area (Å²) >= 11 is 0. The lowest BCUT2D eigenvalue weighted by atomic mass is 10.0. The Hall–Kier alpha value is 0.110. The molecule has 0 saturated carbocycles. The average molecular weight is 403 g/mol. The fourth-order valence-electron chi connectivity index (χ4n) is 3.75. The maximum Gasteiger partial charge on any atom is 0.340 e. The fourth-order valence-corrected chi connectivity index (χ4v) is 5.24. The fraction of sp³-hybridized carbons (Fsp3) is 1.00. The summed E-state index contributed by atoms with van der Waals surface area (Å²) in [6.07, 6.45) is 24.8. The van der Waals surface area contributed by atoms with Crippen LogP contribution in [0.1, 0.15) is 122 Å². The normalized spacial score (nSPS) is 16.2. The zero-order chi connectivity index (χ0) is 19.5. The second-order valence-corrected chi connectivity index (χ2v) is 10.2. The molecule has 1 aliphatic rings. The smallest absolute Gasteiger partial charge is 0.306 e. The van der Waals surface area contributed by atoms with Gasteiger partial charge in [-0.05, 0) is 6.42 Å². The highest BCUT2D eigenvalue weighted by Gasteiger charge is 2.26. The average Bonchev–Trinajstić information content (AvgIpc) is 3.10. The highest BCUT2D eigenvalue weighted by molar-refractivity contribution is 7.55. The van der Waals surface area contributed by atoms with Gasteiger partial charge in [0.1, 0.15) is 0 Å². The third-order valence-corrected chi connectivity index (χ3v) is 7.36. The van der Waals surface area contributed by atoms with Crippen molar-refractivity contribution in [2.24, 2.45) is 0 Å². The van der Waals surface area contributed by atoms with Crippen LogP contribution < -0.4 is 10.2 Å². The first-order valence-electron chi connectivity index (χ1n) is 12.0. The zero-order valence-electron chi connectivity index (χ0n) is 18.1. The molecule has 0 aromatic heterocycles. The van der Waals surface area contributed by atoms with Crippen molar-refractivity contribution >= 4 is 7.67 Å². The number of hydrogen-bond acceptors (Lipinski definition) is 2. The summed E-state index contributed by atoms with van der Waals surface area (Å²) in [5, 5.41) is 5.83. The molecule has 2 N–H and O–H groups in total. The molecule has 0 aliphatic carbocycles. The molecule has 0 aromatic rings. The molecule has 5 heteroatoms. The number of rotatable bonds is 20. The predicted octanol–water partition coefficient (Wildman–Crippen LogP) is 7.35. The standard InChI is InChI=1S/C22H47N2O2P/c1-2-3-4-5-6-7-8-9-10-11-12-13-14-15-16-17-18-19-22-26-27(25)23-20-21-24-27/h2-22H2,1H3,(H2,23,24,25). The van der Waals surface area contributed by atoms with Gasteiger partial charge >= 0.3 is 7.67 Å². The third kappa shape index (κ3) is 15.7. The Balaban J connectivity index is 1.67. The van der Waals surface area contributed by atoms with E-state index in [9.17, 15) is 4.57 Å². The lowest BCUT2D eigenvalue weighted by Gasteiger charge is -2.11. The van der Waals surface area contributed by atoms with Crippen molar-refractivity contribution in [3.05, 3.63) is 0 Å². The van der Waals surface area contributed by atoms with E-state index in [-0.39, 0.29) is 0 Å². The van der Waals surface area contributed by atoms with Gasteiger partial charge in [0.15, 0.2) is 0 Å². The molecule has 0 unspecified atom stereocenters. The van der Waals surface area contributed by atoms with E-state index in [1.54, 1.807) is 0 Å². The van der Waals surface area contributed by atoms with Crippen LogP contribution in [0.3, 0.4) is 0 Å². The molecule has 0 spiro atoms. The Morgan fingerprint density at radius 1 is 0.593 bits per heavy atom. The first kappa shape index (κ1) is 25.1. The van der Waals surface area contributed by atoms with Gasteiger partial charge in [-0.15, -0.1) is 0 Å². The van der Waals surface area contributed by atoms with Gasteiger partial charge in [-0.3, -0.25) is 4.57 Å². The van der Waals surface area contributed by atoms with Crippen LogP contribution in [-0.2, 0) is 9.09 Å². The molecule has 0 aromatic carbocycles. The molecule has 1 aliphatic heterocycles. The van der Waals surface area contributed by atoms with E-state index in [2.05, 4.69) is 17.1 Å². The predicted molar refractivity (Wildman–Crippen MR) is 118 cm³/mol. The molecule has 162 valence electrons. The Morgan fingerprint density at radius 3 is 1.30 bits per heavy atom. The molecule has 4 nitrogen and oxygen atoms in total. The van der Waals surface area contributed by atoms with Crippen molar-refractivity contribution in [2.45, 2.75) is 122 Å². The van der Waals surface area contributed by atoms with Crippen molar-refractivity contribution < 1.29 is 9.09 Å². The van der Waals surface area contributed by atoms with Crippen molar-refractivity contribution in [1.82, 2.24) is 10.2 Å². The summed E-state index contributed by atoms with van der Waals surface area (Å²) in [5.74, 6) is 0. The molecule has 0 radical (unpaired) electrons. The second-order valence-electron chi connectivity index (χ2n) is 8.21. The Labute approximate surface area is 169 Å². The number of unbranched alkanes of at least 4 members (excludes halogenated alkanes) is 17. The van der Waals surface area contributed by atoms with Gasteiger partial charge in [0.2, 0.25) is 0 Å². The first-order valence-corrected chi connectivity index (χ1v) is 13.6. The van der Waals surface area contributed by atoms with Gasteiger partial charge in [-0.2, -0.15) is 0 Å². The van der Waals surface area contributed by atoms with Crippen molar-refractivity contribution in [1.29, 1.82) is 0 Å². The molecule has 1 rings (SSSR count). The highest BCUT2D eigenvalue weighted by atomic mass is 31.2. The van der Waals surface area contributed by atoms with Gasteiger partial charge < -0.3 is 4.52 Å². The van der Waals surface area contributed by atoms with E-state index in [4.69, 9.17) is 4.52 Å². The molecule has 0 atom stereocenters. The van der Waals surface area contributed by atoms with Crippen LogP contribution in [0, 0.1) is 0 Å². The molecule has 0 amide bonds. The van der Waals surface area contributed by atoms with E-state index in [1.807, 2.05) is 0 Å². The van der Waals surface area contributed by atoms with Crippen molar-refractivity contribution in [3.63, 3.8) is 0 Å². The third-order valence-electron chi connectivity index (χ3n) is 5.54. The SMILES string of the molecule is CCCCCCCCCCCCCCCCCCCCOP1(=O)NCCN1. The summed E-state index contributed by atoms with van der Waals surface area (Å²) in [5.41, 5.74) is 0. The molecule has 1 heterocycles. The topological polar surface area (TPSA) is 50.4 Å². The summed E-state index contributed by atoms with van der Waals surface area (Å²) in [7, 11) is -2.66. The molecule has 1 saturated heterocycles. The lowest BCUT2D eigenvalue weighted by molar-refractivity contribution is 0.294. The van der Waals surface area contributed by atoms with Gasteiger partial charge in [-0.1, -0.05) is 116 Å². The van der Waals surface area contributed by atoms with Crippen LogP contribution in [0.15, 0.2) is 0 Å². The van der Waals surface area contributed by atoms with Crippen molar-refractivity contribution in [2.75, 3.05) is 19.7 Å². The van der Waals surface area contributed by atoms with Crippen LogP contribution in [0.25, 0.3) is 0 Å². The van der Waals surface area contributed by atoms with E-state index in [0.717, 1.165) is 19.5 Å². The molecule has 0 bridgehead atoms. The highest BCUT2D eigenvalue weighted by Crippen LogP contribution is 2.39. The largest absolute Gasteiger partial charge is 0.340 e. The van der Waals surface area contributed by atoms with E-state index in [0.29, 0.717) is 6.61 Å². The minimum atomic E-state index is -2.66. The Bertz CT molecular complexity index is 356. The van der Waals surface area contributed by atoms with Crippen molar-refractivity contribution in [3.8, 4) is 0 Å². The maximum atomic E-state index is 12.0. The monoisotopic (exact) mass is 402 g/mol. The van der Waals surface area contributed by atoms with Gasteiger partial charge in [-0.25, -0.2) is 10.2 Å². The molecular weight excluding hydrogens is 355 g/mol. The number of nitrogens with one attached hydrogen (secondary N) is 2. The lowest BCUT2D eigenvalue weighted by Crippen LogP contribution is -2.10. The quantitative estimate of drug-likeness (QED) is 0.165. The summed E-state index contributed by atoms with van der Waals surface area (Å²) in [6, 6.07) is 0. The van der Waals surface area contributed by atoms with Gasteiger partial charge in [0.05, 0.1) is 6.61 Å². The van der Waals surface area contributed by atoms with E-state index in [1.165, 1.54) is 109 Å². The minimum absolute atomic E-state index is 0.607. The van der Waals surface area contributed by atoms with Gasteiger partial charge in [0, 0.05) is 13.1 Å². The van der Waals surface area contributed by atoms with Crippen LogP contribution >= 0.6 is 7.67 Å². The Morgan fingerprint density at radius 2 is 0.926 bits per heavy atom. The van der Waals surface area contributed by atoms with Gasteiger partial charge in [0.25, 0.3) is 0 Å². The van der Waals surface area contributed by atoms with Crippen LogP contribution in [0.4, 0.5) is 0 Å². The van der Waals surface area contributed by atoms with Crippen LogP contribution in [-0.4, -0.2) is 19.7 Å². The molecular formula is C22H47N2O2P. The first-order chi connectivity index (χ1) is 13.3. The zero-order valence-corrected chi connectivity index (χ0v) is 19.0. The summed E-state index contributed by atoms with van der Waals surface area (Å²) in [6.45, 7) is 4.39. The van der Waals surface area contributed by atoms with Crippen LogP contribution in [0.5, 0.6) is 0 Å². The summed E-state index contributed by atoms with van der Waals surface area (Å²) < 4.78 is 17.4. The maximum absolute atomic E-state index is 12.0. The van der Waals surface area contributed by atoms with E-state index >= 15 is 0 Å². The minimum Gasteiger partial charge on any atom is -0.306 e. The Kier molecular flexibility index (Phi) is 16.9. The van der Waals surface area contributed by atoms with E-state index < -0.39 is 7.67 Å². The second kappa shape index (κ2) is 18.2. The number of hydrogen-bond donors (Lipinski definition) is 2.